The third-order valence-electron chi connectivity index (χ3n) is 4.30. The van der Waals surface area contributed by atoms with Crippen LogP contribution in [0, 0.1) is 0 Å². The van der Waals surface area contributed by atoms with Crippen molar-refractivity contribution in [1.29, 1.82) is 0 Å². The van der Waals surface area contributed by atoms with Crippen molar-refractivity contribution < 1.29 is 19.1 Å². The second-order valence-corrected chi connectivity index (χ2v) is 7.57. The number of hydrogen-bond acceptors (Lipinski definition) is 4. The Morgan fingerprint density at radius 2 is 1.60 bits per heavy atom. The minimum absolute atomic E-state index is 0.0517. The lowest BCUT2D eigenvalue weighted by molar-refractivity contribution is -0.136. The molecule has 0 bridgehead atoms. The van der Waals surface area contributed by atoms with E-state index in [1.165, 1.54) is 18.4 Å². The Hall–Kier alpha value is -2.05. The Morgan fingerprint density at radius 1 is 1.04 bits per heavy atom. The van der Waals surface area contributed by atoms with Crippen molar-refractivity contribution in [1.82, 2.24) is 15.1 Å². The van der Waals surface area contributed by atoms with E-state index in [2.05, 4.69) is 5.32 Å². The second-order valence-electron chi connectivity index (χ2n) is 7.57. The molecule has 0 aromatic rings. The highest BCUT2D eigenvalue weighted by atomic mass is 16.6. The smallest absolute Gasteiger partial charge is 0.408 e. The first-order valence-corrected chi connectivity index (χ1v) is 8.97. The molecule has 1 saturated carbocycles. The Labute approximate surface area is 149 Å². The molecule has 0 spiro atoms. The molecule has 7 nitrogen and oxygen atoms in total. The van der Waals surface area contributed by atoms with Gasteiger partial charge in [-0.25, -0.2) is 4.79 Å². The number of nitrogens with one attached hydrogen (secondary N) is 1. The average molecular weight is 351 g/mol. The van der Waals surface area contributed by atoms with Gasteiger partial charge < -0.3 is 19.9 Å². The van der Waals surface area contributed by atoms with Crippen LogP contribution in [0.1, 0.15) is 46.5 Å². The first kappa shape index (κ1) is 19.3. The fraction of sp³-hybridized carbons (Fsp3) is 0.722. The maximum atomic E-state index is 12.3. The standard InChI is InChI=1S/C18H29N3O4/c1-18(2,3)25-17(24)19-13-16(23)21-10-8-20(9-11-21)15(22)12-14-6-4-5-7-14/h12H,4-11,13H2,1-3H3,(H,19,24). The maximum Gasteiger partial charge on any atom is 0.408 e. The lowest BCUT2D eigenvalue weighted by atomic mass is 10.2. The maximum absolute atomic E-state index is 12.3. The summed E-state index contributed by atoms with van der Waals surface area (Å²) in [5.41, 5.74) is 0.650. The van der Waals surface area contributed by atoms with Gasteiger partial charge in [-0.3, -0.25) is 9.59 Å². The Morgan fingerprint density at radius 3 is 2.16 bits per heavy atom. The first-order chi connectivity index (χ1) is 11.7. The van der Waals surface area contributed by atoms with Crippen molar-refractivity contribution in [3.05, 3.63) is 11.6 Å². The number of nitrogens with zero attached hydrogens (tertiary/aromatic N) is 2. The van der Waals surface area contributed by atoms with E-state index in [1.807, 2.05) is 0 Å². The van der Waals surface area contributed by atoms with Gasteiger partial charge in [-0.05, 0) is 46.5 Å². The van der Waals surface area contributed by atoms with Crippen LogP contribution in [-0.2, 0) is 14.3 Å². The molecule has 0 radical (unpaired) electrons. The molecule has 0 unspecified atom stereocenters. The number of piperazine rings is 1. The number of carbonyl (C=O) groups excluding carboxylic acids is 3. The van der Waals surface area contributed by atoms with Crippen molar-refractivity contribution in [3.8, 4) is 0 Å². The second kappa shape index (κ2) is 8.36. The summed E-state index contributed by atoms with van der Waals surface area (Å²) in [4.78, 5) is 39.5. The van der Waals surface area contributed by atoms with Gasteiger partial charge in [0.15, 0.2) is 0 Å². The van der Waals surface area contributed by atoms with Crippen LogP contribution >= 0.6 is 0 Å². The van der Waals surface area contributed by atoms with E-state index in [4.69, 9.17) is 4.74 Å². The normalized spacial score (nSPS) is 18.1. The summed E-state index contributed by atoms with van der Waals surface area (Å²) in [7, 11) is 0. The summed E-state index contributed by atoms with van der Waals surface area (Å²) in [6.07, 6.45) is 5.58. The Kier molecular flexibility index (Phi) is 6.45. The van der Waals surface area contributed by atoms with E-state index in [1.54, 1.807) is 36.6 Å². The van der Waals surface area contributed by atoms with Crippen molar-refractivity contribution >= 4 is 17.9 Å². The molecule has 1 N–H and O–H groups in total. The van der Waals surface area contributed by atoms with Gasteiger partial charge in [-0.1, -0.05) is 5.57 Å². The van der Waals surface area contributed by atoms with Crippen LogP contribution in [0.15, 0.2) is 11.6 Å². The summed E-state index contributed by atoms with van der Waals surface area (Å²) >= 11 is 0. The van der Waals surface area contributed by atoms with Crippen molar-refractivity contribution in [3.63, 3.8) is 0 Å². The largest absolute Gasteiger partial charge is 0.444 e. The quantitative estimate of drug-likeness (QED) is 0.785. The number of alkyl carbamates (subject to hydrolysis) is 1. The third-order valence-corrected chi connectivity index (χ3v) is 4.30. The van der Waals surface area contributed by atoms with Crippen LogP contribution in [0.25, 0.3) is 0 Å². The van der Waals surface area contributed by atoms with Crippen LogP contribution in [0.3, 0.4) is 0 Å². The monoisotopic (exact) mass is 351 g/mol. The molecule has 0 aromatic carbocycles. The summed E-state index contributed by atoms with van der Waals surface area (Å²) < 4.78 is 5.11. The number of amides is 3. The van der Waals surface area contributed by atoms with E-state index in [9.17, 15) is 14.4 Å². The Balaban J connectivity index is 1.72. The number of carbonyl (C=O) groups is 3. The summed E-state index contributed by atoms with van der Waals surface area (Å²) in [5.74, 6) is -0.108. The highest BCUT2D eigenvalue weighted by Gasteiger charge is 2.24. The van der Waals surface area contributed by atoms with Crippen molar-refractivity contribution in [2.75, 3.05) is 32.7 Å². The zero-order chi connectivity index (χ0) is 18.4. The molecule has 1 aliphatic carbocycles. The highest BCUT2D eigenvalue weighted by Crippen LogP contribution is 2.23. The van der Waals surface area contributed by atoms with Crippen molar-refractivity contribution in [2.45, 2.75) is 52.1 Å². The molecule has 0 aromatic heterocycles. The SMILES string of the molecule is CC(C)(C)OC(=O)NCC(=O)N1CCN(C(=O)C=C2CCCC2)CC1. The van der Waals surface area contributed by atoms with E-state index >= 15 is 0 Å². The summed E-state index contributed by atoms with van der Waals surface area (Å²) in [5, 5.41) is 2.48. The minimum Gasteiger partial charge on any atom is -0.444 e. The molecule has 1 aliphatic heterocycles. The number of rotatable bonds is 3. The van der Waals surface area contributed by atoms with E-state index in [-0.39, 0.29) is 18.4 Å². The molecule has 140 valence electrons. The van der Waals surface area contributed by atoms with E-state index in [0.29, 0.717) is 26.2 Å². The van der Waals surface area contributed by atoms with Gasteiger partial charge in [0, 0.05) is 32.3 Å². The van der Waals surface area contributed by atoms with E-state index in [0.717, 1.165) is 12.8 Å². The molecule has 1 saturated heterocycles. The van der Waals surface area contributed by atoms with E-state index < -0.39 is 11.7 Å². The fourth-order valence-electron chi connectivity index (χ4n) is 2.99. The van der Waals surface area contributed by atoms with Gasteiger partial charge in [-0.2, -0.15) is 0 Å². The molecule has 3 amide bonds. The van der Waals surface area contributed by atoms with Crippen LogP contribution in [0.5, 0.6) is 0 Å². The third kappa shape index (κ3) is 6.40. The summed E-state index contributed by atoms with van der Waals surface area (Å²) in [6, 6.07) is 0. The molecular formula is C18H29N3O4. The van der Waals surface area contributed by atoms with Gasteiger partial charge in [0.1, 0.15) is 12.1 Å². The van der Waals surface area contributed by atoms with Crippen molar-refractivity contribution in [2.24, 2.45) is 0 Å². The number of hydrogen-bond donors (Lipinski definition) is 1. The predicted octanol–water partition coefficient (Wildman–Crippen LogP) is 1.68. The predicted molar refractivity (Wildman–Crippen MR) is 93.9 cm³/mol. The Bertz CT molecular complexity index is 535. The first-order valence-electron chi connectivity index (χ1n) is 8.97. The molecule has 2 rings (SSSR count). The fourth-order valence-corrected chi connectivity index (χ4v) is 2.99. The molecule has 2 aliphatic rings. The van der Waals surface area contributed by atoms with Gasteiger partial charge in [0.05, 0.1) is 0 Å². The lowest BCUT2D eigenvalue weighted by Gasteiger charge is -2.34. The lowest BCUT2D eigenvalue weighted by Crippen LogP contribution is -2.52. The zero-order valence-corrected chi connectivity index (χ0v) is 15.5. The molecule has 1 heterocycles. The molecule has 7 heteroatoms. The highest BCUT2D eigenvalue weighted by molar-refractivity contribution is 5.89. The van der Waals surface area contributed by atoms with Crippen LogP contribution in [-0.4, -0.2) is 66.0 Å². The number of ether oxygens (including phenoxy) is 1. The van der Waals surface area contributed by atoms with Gasteiger partial charge in [0.2, 0.25) is 11.8 Å². The number of allylic oxidation sites excluding steroid dienone is 1. The minimum atomic E-state index is -0.599. The molecule has 25 heavy (non-hydrogen) atoms. The topological polar surface area (TPSA) is 79.0 Å². The van der Waals surface area contributed by atoms with Gasteiger partial charge in [-0.15, -0.1) is 0 Å². The molecular weight excluding hydrogens is 322 g/mol. The van der Waals surface area contributed by atoms with Crippen LogP contribution < -0.4 is 5.32 Å². The van der Waals surface area contributed by atoms with Gasteiger partial charge >= 0.3 is 6.09 Å². The summed E-state index contributed by atoms with van der Waals surface area (Å²) in [6.45, 7) is 7.25. The zero-order valence-electron chi connectivity index (χ0n) is 15.5. The van der Waals surface area contributed by atoms with Crippen LogP contribution in [0.2, 0.25) is 0 Å². The van der Waals surface area contributed by atoms with Crippen LogP contribution in [0.4, 0.5) is 4.79 Å². The van der Waals surface area contributed by atoms with Gasteiger partial charge in [0.25, 0.3) is 0 Å². The molecule has 2 fully saturated rings. The molecule has 0 atom stereocenters. The average Bonchev–Trinajstić information content (AvgIpc) is 3.04.